The van der Waals surface area contributed by atoms with Crippen molar-refractivity contribution in [3.63, 3.8) is 0 Å². The molecule has 0 aliphatic carbocycles. The molecule has 8 nitrogen and oxygen atoms in total. The molecule has 2 aromatic rings. The van der Waals surface area contributed by atoms with Crippen molar-refractivity contribution in [2.75, 3.05) is 20.8 Å². The van der Waals surface area contributed by atoms with Crippen LogP contribution in [0.1, 0.15) is 63.4 Å². The van der Waals surface area contributed by atoms with Gasteiger partial charge in [-0.1, -0.05) is 17.2 Å². The summed E-state index contributed by atoms with van der Waals surface area (Å²) in [6, 6.07) is 4.59. The molecule has 3 aliphatic heterocycles. The highest BCUT2D eigenvalue weighted by Crippen LogP contribution is 2.54. The second-order valence-electron chi connectivity index (χ2n) is 10.4. The Morgan fingerprint density at radius 3 is 2.64 bits per heavy atom. The van der Waals surface area contributed by atoms with Crippen LogP contribution in [0.3, 0.4) is 0 Å². The number of carbonyl (C=O) groups excluding carboxylic acids is 2. The second kappa shape index (κ2) is 8.78. The van der Waals surface area contributed by atoms with Crippen LogP contribution >= 0.6 is 0 Å². The molecule has 192 valence electrons. The van der Waals surface area contributed by atoms with Crippen LogP contribution in [0.15, 0.2) is 42.0 Å². The van der Waals surface area contributed by atoms with Crippen LogP contribution in [0, 0.1) is 0 Å². The number of amides is 2. The average Bonchev–Trinajstić information content (AvgIpc) is 3.44. The van der Waals surface area contributed by atoms with Crippen LogP contribution in [-0.4, -0.2) is 63.8 Å². The predicted molar refractivity (Wildman–Crippen MR) is 136 cm³/mol. The van der Waals surface area contributed by atoms with Crippen LogP contribution in [0.4, 0.5) is 0 Å². The number of methoxy groups -OCH3 is 2. The van der Waals surface area contributed by atoms with Crippen LogP contribution in [0.25, 0.3) is 10.9 Å². The fourth-order valence-corrected chi connectivity index (χ4v) is 6.21. The van der Waals surface area contributed by atoms with E-state index in [9.17, 15) is 14.7 Å². The molecule has 1 aromatic carbocycles. The predicted octanol–water partition coefficient (Wildman–Crippen LogP) is 3.85. The lowest BCUT2D eigenvalue weighted by Crippen LogP contribution is -2.74. The molecule has 0 bridgehead atoms. The third kappa shape index (κ3) is 3.34. The number of allylic oxidation sites excluding steroid dienone is 2. The Labute approximate surface area is 211 Å². The number of benzene rings is 1. The van der Waals surface area contributed by atoms with Crippen LogP contribution < -0.4 is 4.74 Å². The maximum atomic E-state index is 14.0. The van der Waals surface area contributed by atoms with E-state index in [1.54, 1.807) is 12.0 Å². The smallest absolute Gasteiger partial charge is 0.279 e. The lowest BCUT2D eigenvalue weighted by Gasteiger charge is -2.55. The van der Waals surface area contributed by atoms with E-state index in [4.69, 9.17) is 9.47 Å². The third-order valence-electron chi connectivity index (χ3n) is 7.75. The Bertz CT molecular complexity index is 1290. The Kier molecular flexibility index (Phi) is 6.00. The summed E-state index contributed by atoms with van der Waals surface area (Å²) in [6.45, 7) is 11.1. The van der Waals surface area contributed by atoms with Gasteiger partial charge >= 0.3 is 0 Å². The van der Waals surface area contributed by atoms with Gasteiger partial charge in [0, 0.05) is 37.2 Å². The van der Waals surface area contributed by atoms with Crippen molar-refractivity contribution in [1.82, 2.24) is 14.4 Å². The number of fused-ring (bicyclic) bond motifs is 5. The van der Waals surface area contributed by atoms with Crippen molar-refractivity contribution in [3.05, 3.63) is 53.3 Å². The van der Waals surface area contributed by atoms with Gasteiger partial charge in [-0.05, 0) is 52.2 Å². The molecule has 4 atom stereocenters. The van der Waals surface area contributed by atoms with Gasteiger partial charge in [0.05, 0.1) is 24.4 Å². The minimum Gasteiger partial charge on any atom is -0.497 e. The number of ether oxygens (including phenoxy) is 2. The van der Waals surface area contributed by atoms with Gasteiger partial charge in [-0.2, -0.15) is 0 Å². The summed E-state index contributed by atoms with van der Waals surface area (Å²) < 4.78 is 13.6. The van der Waals surface area contributed by atoms with E-state index in [-0.39, 0.29) is 5.91 Å². The van der Waals surface area contributed by atoms with Gasteiger partial charge in [-0.3, -0.25) is 14.5 Å². The van der Waals surface area contributed by atoms with E-state index in [1.807, 2.05) is 45.0 Å². The number of nitrogens with zero attached hydrogens (tertiary/aromatic N) is 3. The summed E-state index contributed by atoms with van der Waals surface area (Å²) in [5.41, 5.74) is 2.35. The van der Waals surface area contributed by atoms with Crippen LogP contribution in [0.5, 0.6) is 5.75 Å². The lowest BCUT2D eigenvalue weighted by atomic mass is 9.82. The molecule has 1 aromatic heterocycles. The molecule has 2 fully saturated rings. The standard InChI is InChI=1S/C28H35N3O5/c1-16(2)11-13-29-21-15-18(35-5)9-10-19(21)23-24(29)22(14-17(3)4)31-26(32)20-8-7-12-30(20)27(33)28(31,34)25(23)36-6/h9-10,14-15,20,22,25,34H,1,7-8,11-13H2,2-6H3/t20-,22-,25?,28?/m0/s1. The molecule has 36 heavy (non-hydrogen) atoms. The molecule has 0 saturated carbocycles. The van der Waals surface area contributed by atoms with E-state index < -0.39 is 29.8 Å². The molecule has 0 spiro atoms. The van der Waals surface area contributed by atoms with Gasteiger partial charge in [-0.25, -0.2) is 0 Å². The summed E-state index contributed by atoms with van der Waals surface area (Å²) >= 11 is 0. The normalized spacial score (nSPS) is 27.1. The number of rotatable bonds is 6. The lowest BCUT2D eigenvalue weighted by molar-refractivity contribution is -0.233. The van der Waals surface area contributed by atoms with Crippen molar-refractivity contribution in [2.45, 2.75) is 70.5 Å². The first-order chi connectivity index (χ1) is 17.1. The zero-order valence-electron chi connectivity index (χ0n) is 21.7. The van der Waals surface area contributed by atoms with Gasteiger partial charge in [0.25, 0.3) is 11.6 Å². The molecule has 2 saturated heterocycles. The molecule has 4 heterocycles. The summed E-state index contributed by atoms with van der Waals surface area (Å²) in [6.07, 6.45) is 2.99. The quantitative estimate of drug-likeness (QED) is 0.618. The van der Waals surface area contributed by atoms with Crippen molar-refractivity contribution in [3.8, 4) is 5.75 Å². The van der Waals surface area contributed by atoms with Gasteiger partial charge in [-0.15, -0.1) is 6.58 Å². The molecule has 2 unspecified atom stereocenters. The fraction of sp³-hybridized carbons (Fsp3) is 0.500. The molecule has 2 amide bonds. The van der Waals surface area contributed by atoms with Crippen molar-refractivity contribution in [1.29, 1.82) is 0 Å². The van der Waals surface area contributed by atoms with Crippen molar-refractivity contribution < 1.29 is 24.2 Å². The highest BCUT2D eigenvalue weighted by atomic mass is 16.5. The summed E-state index contributed by atoms with van der Waals surface area (Å²) in [7, 11) is 3.11. The number of aromatic nitrogens is 1. The summed E-state index contributed by atoms with van der Waals surface area (Å²) in [5, 5.41) is 13.1. The SMILES string of the molecule is C=C(C)CCn1c2c(c3ccc(OC)cc31)C(OC)C1(O)C(=O)N3CCC[C@H]3C(=O)N1[C@H]2C=C(C)C. The highest BCUT2D eigenvalue weighted by molar-refractivity contribution is 6.02. The second-order valence-corrected chi connectivity index (χ2v) is 10.4. The summed E-state index contributed by atoms with van der Waals surface area (Å²) in [4.78, 5) is 30.9. The Morgan fingerprint density at radius 2 is 2.00 bits per heavy atom. The number of hydrogen-bond acceptors (Lipinski definition) is 5. The molecule has 5 rings (SSSR count). The van der Waals surface area contributed by atoms with E-state index in [1.165, 1.54) is 12.0 Å². The Hall–Kier alpha value is -3.10. The first-order valence-corrected chi connectivity index (χ1v) is 12.5. The average molecular weight is 494 g/mol. The van der Waals surface area contributed by atoms with E-state index >= 15 is 0 Å². The minimum atomic E-state index is -2.15. The molecule has 0 radical (unpaired) electrons. The van der Waals surface area contributed by atoms with Gasteiger partial charge in [0.1, 0.15) is 17.9 Å². The van der Waals surface area contributed by atoms with Gasteiger partial charge < -0.3 is 24.0 Å². The maximum absolute atomic E-state index is 14.0. The van der Waals surface area contributed by atoms with Crippen LogP contribution in [0.2, 0.25) is 0 Å². The zero-order chi connectivity index (χ0) is 25.9. The Balaban J connectivity index is 1.87. The number of aryl methyl sites for hydroxylation is 1. The first-order valence-electron chi connectivity index (χ1n) is 12.5. The van der Waals surface area contributed by atoms with Crippen molar-refractivity contribution in [2.24, 2.45) is 0 Å². The molecular formula is C28H35N3O5. The Morgan fingerprint density at radius 1 is 1.25 bits per heavy atom. The number of aliphatic hydroxyl groups is 1. The maximum Gasteiger partial charge on any atom is 0.279 e. The topological polar surface area (TPSA) is 84.2 Å². The fourth-order valence-electron chi connectivity index (χ4n) is 6.21. The van der Waals surface area contributed by atoms with Crippen molar-refractivity contribution >= 4 is 22.7 Å². The molecule has 8 heteroatoms. The van der Waals surface area contributed by atoms with Gasteiger partial charge in [0.15, 0.2) is 0 Å². The van der Waals surface area contributed by atoms with E-state index in [0.717, 1.165) is 46.1 Å². The summed E-state index contributed by atoms with van der Waals surface area (Å²) in [5.74, 6) is -0.00410. The highest BCUT2D eigenvalue weighted by Gasteiger charge is 2.66. The first kappa shape index (κ1) is 24.6. The third-order valence-corrected chi connectivity index (χ3v) is 7.75. The molecular weight excluding hydrogens is 458 g/mol. The number of piperazine rings is 1. The zero-order valence-corrected chi connectivity index (χ0v) is 21.7. The van der Waals surface area contributed by atoms with Gasteiger partial charge in [0.2, 0.25) is 5.91 Å². The van der Waals surface area contributed by atoms with E-state index in [2.05, 4.69) is 11.1 Å². The molecule has 3 aliphatic rings. The van der Waals surface area contributed by atoms with Crippen LogP contribution in [-0.2, 0) is 20.9 Å². The molecule has 1 N–H and O–H groups in total. The largest absolute Gasteiger partial charge is 0.497 e. The minimum absolute atomic E-state index is 0.237. The monoisotopic (exact) mass is 493 g/mol. The number of hydrogen-bond donors (Lipinski definition) is 1. The van der Waals surface area contributed by atoms with E-state index in [0.29, 0.717) is 25.3 Å². The number of carbonyl (C=O) groups is 2.